The zero-order valence-electron chi connectivity index (χ0n) is 20.1. The molecule has 0 heterocycles. The van der Waals surface area contributed by atoms with Crippen molar-refractivity contribution in [3.8, 4) is 5.75 Å². The summed E-state index contributed by atoms with van der Waals surface area (Å²) < 4.78 is 48.0. The minimum atomic E-state index is -5.02. The minimum absolute atomic E-state index is 0.0279. The predicted octanol–water partition coefficient (Wildman–Crippen LogP) is 4.06. The highest BCUT2D eigenvalue weighted by molar-refractivity contribution is 8.26. The van der Waals surface area contributed by atoms with Gasteiger partial charge in [0.2, 0.25) is 5.91 Å². The summed E-state index contributed by atoms with van der Waals surface area (Å²) in [6.45, 7) is 0.811. The Morgan fingerprint density at radius 1 is 1.11 bits per heavy atom. The largest absolute Gasteiger partial charge is 0.573 e. The standard InChI is InChI=1S/C24H26F3N5O4S/c1-32(12-13-35-2)23(10-11-23)21(34)30-17-14-16(8-9-18(17)36-24(25,26)27)20(33)31-22(29)37-19(28)15-6-4-3-5-7-15/h3-9,14,28H,10-13H2,1-2H3,(H,30,34)(H2,29,31,33). The highest BCUT2D eigenvalue weighted by atomic mass is 32.2. The first-order chi connectivity index (χ1) is 17.4. The first-order valence-electron chi connectivity index (χ1n) is 11.1. The molecule has 0 atom stereocenters. The van der Waals surface area contributed by atoms with Gasteiger partial charge in [-0.15, -0.1) is 13.2 Å². The number of halogens is 3. The highest BCUT2D eigenvalue weighted by Crippen LogP contribution is 2.42. The number of carbonyl (C=O) groups excluding carboxylic acids is 2. The molecule has 0 aliphatic heterocycles. The van der Waals surface area contributed by atoms with Gasteiger partial charge in [0.05, 0.1) is 12.3 Å². The van der Waals surface area contributed by atoms with Gasteiger partial charge >= 0.3 is 6.36 Å². The van der Waals surface area contributed by atoms with Crippen molar-refractivity contribution >= 4 is 39.5 Å². The summed E-state index contributed by atoms with van der Waals surface area (Å²) in [5.74, 6) is -2.01. The number of thioether (sulfide) groups is 1. The van der Waals surface area contributed by atoms with Gasteiger partial charge in [-0.1, -0.05) is 30.3 Å². The number of amidine groups is 1. The first-order valence-corrected chi connectivity index (χ1v) is 11.9. The van der Waals surface area contributed by atoms with E-state index in [1.807, 2.05) is 0 Å². The van der Waals surface area contributed by atoms with Crippen molar-refractivity contribution in [2.24, 2.45) is 0 Å². The third-order valence-corrected chi connectivity index (χ3v) is 6.44. The van der Waals surface area contributed by atoms with Crippen LogP contribution in [0.25, 0.3) is 0 Å². The fourth-order valence-electron chi connectivity index (χ4n) is 3.52. The summed E-state index contributed by atoms with van der Waals surface area (Å²) in [7, 11) is 3.24. The van der Waals surface area contributed by atoms with Crippen LogP contribution >= 0.6 is 11.8 Å². The van der Waals surface area contributed by atoms with E-state index in [9.17, 15) is 22.8 Å². The molecular weight excluding hydrogens is 511 g/mol. The number of nitrogens with one attached hydrogen (secondary N) is 4. The van der Waals surface area contributed by atoms with Crippen molar-refractivity contribution < 1.29 is 32.2 Å². The zero-order chi connectivity index (χ0) is 27.2. The number of rotatable bonds is 9. The SMILES string of the molecule is COCCN(C)C1(C(=O)Nc2cc(C(=O)NC(=N)SC(=N)c3ccccc3)ccc2OC(F)(F)F)CC1. The fourth-order valence-corrected chi connectivity index (χ4v) is 4.12. The van der Waals surface area contributed by atoms with E-state index in [0.717, 1.165) is 18.2 Å². The van der Waals surface area contributed by atoms with E-state index in [0.29, 0.717) is 43.3 Å². The van der Waals surface area contributed by atoms with Gasteiger partial charge in [0, 0.05) is 24.8 Å². The summed E-state index contributed by atoms with van der Waals surface area (Å²) in [6.07, 6.45) is -4.00. The van der Waals surface area contributed by atoms with Gasteiger partial charge in [-0.3, -0.25) is 25.3 Å². The predicted molar refractivity (Wildman–Crippen MR) is 134 cm³/mol. The number of ether oxygens (including phenoxy) is 2. The van der Waals surface area contributed by atoms with Crippen molar-refractivity contribution in [1.29, 1.82) is 10.8 Å². The van der Waals surface area contributed by atoms with E-state index in [1.54, 1.807) is 42.3 Å². The molecule has 0 aromatic heterocycles. The topological polar surface area (TPSA) is 128 Å². The maximum atomic E-state index is 13.0. The van der Waals surface area contributed by atoms with Gasteiger partial charge in [-0.2, -0.15) is 0 Å². The molecule has 37 heavy (non-hydrogen) atoms. The maximum absolute atomic E-state index is 13.0. The average Bonchev–Trinajstić information content (AvgIpc) is 3.65. The molecule has 9 nitrogen and oxygen atoms in total. The lowest BCUT2D eigenvalue weighted by Crippen LogP contribution is -2.45. The van der Waals surface area contributed by atoms with Crippen LogP contribution in [-0.2, 0) is 9.53 Å². The number of carbonyl (C=O) groups is 2. The van der Waals surface area contributed by atoms with Crippen LogP contribution in [0, 0.1) is 10.8 Å². The lowest BCUT2D eigenvalue weighted by atomic mass is 10.1. The van der Waals surface area contributed by atoms with Crippen molar-refractivity contribution in [1.82, 2.24) is 10.2 Å². The van der Waals surface area contributed by atoms with Gasteiger partial charge in [0.1, 0.15) is 10.6 Å². The Morgan fingerprint density at radius 3 is 2.38 bits per heavy atom. The second-order valence-electron chi connectivity index (χ2n) is 8.24. The Balaban J connectivity index is 1.76. The van der Waals surface area contributed by atoms with E-state index >= 15 is 0 Å². The van der Waals surface area contributed by atoms with Gasteiger partial charge in [0.25, 0.3) is 5.91 Å². The zero-order valence-corrected chi connectivity index (χ0v) is 20.9. The number of methoxy groups -OCH3 is 1. The van der Waals surface area contributed by atoms with Crippen molar-refractivity contribution in [3.63, 3.8) is 0 Å². The van der Waals surface area contributed by atoms with E-state index in [4.69, 9.17) is 15.6 Å². The van der Waals surface area contributed by atoms with Crippen LogP contribution in [0.2, 0.25) is 0 Å². The molecule has 13 heteroatoms. The fraction of sp³-hybridized carbons (Fsp3) is 0.333. The monoisotopic (exact) mass is 537 g/mol. The molecule has 1 saturated carbocycles. The Morgan fingerprint density at radius 2 is 1.78 bits per heavy atom. The lowest BCUT2D eigenvalue weighted by Gasteiger charge is -2.27. The molecule has 198 valence electrons. The second kappa shape index (κ2) is 11.8. The normalized spacial score (nSPS) is 14.1. The van der Waals surface area contributed by atoms with Crippen LogP contribution in [0.1, 0.15) is 28.8 Å². The number of likely N-dealkylation sites (N-methyl/N-ethyl adjacent to an activating group) is 1. The number of anilines is 1. The number of hydrogen-bond donors (Lipinski definition) is 4. The van der Waals surface area contributed by atoms with Crippen molar-refractivity contribution in [2.75, 3.05) is 32.6 Å². The molecule has 1 aliphatic carbocycles. The second-order valence-corrected chi connectivity index (χ2v) is 9.26. The van der Waals surface area contributed by atoms with Crippen LogP contribution in [-0.4, -0.2) is 66.1 Å². The summed E-state index contributed by atoms with van der Waals surface area (Å²) in [5, 5.41) is 20.5. The molecule has 0 unspecified atom stereocenters. The molecule has 0 spiro atoms. The molecule has 4 N–H and O–H groups in total. The Hall–Kier alpha value is -3.42. The molecule has 2 aromatic carbocycles. The highest BCUT2D eigenvalue weighted by Gasteiger charge is 2.53. The quantitative estimate of drug-likeness (QED) is 0.282. The molecule has 0 saturated heterocycles. The van der Waals surface area contributed by atoms with Crippen LogP contribution in [0.15, 0.2) is 48.5 Å². The van der Waals surface area contributed by atoms with Gasteiger partial charge in [-0.05, 0) is 49.9 Å². The van der Waals surface area contributed by atoms with E-state index in [2.05, 4.69) is 15.4 Å². The van der Waals surface area contributed by atoms with Crippen molar-refractivity contribution in [2.45, 2.75) is 24.7 Å². The number of alkyl halides is 3. The number of hydrogen-bond acceptors (Lipinski definition) is 8. The molecule has 2 amide bonds. The number of amides is 2. The first kappa shape index (κ1) is 28.2. The van der Waals surface area contributed by atoms with Gasteiger partial charge in [0.15, 0.2) is 10.9 Å². The smallest absolute Gasteiger partial charge is 0.404 e. The lowest BCUT2D eigenvalue weighted by molar-refractivity contribution is -0.274. The van der Waals surface area contributed by atoms with Crippen LogP contribution in [0.4, 0.5) is 18.9 Å². The number of nitrogens with zero attached hydrogens (tertiary/aromatic N) is 1. The van der Waals surface area contributed by atoms with Crippen LogP contribution in [0.5, 0.6) is 5.75 Å². The van der Waals surface area contributed by atoms with Crippen LogP contribution in [0.3, 0.4) is 0 Å². The summed E-state index contributed by atoms with van der Waals surface area (Å²) in [4.78, 5) is 27.5. The molecular formula is C24H26F3N5O4S. The third kappa shape index (κ3) is 7.54. The molecule has 3 rings (SSSR count). The number of benzene rings is 2. The van der Waals surface area contributed by atoms with Gasteiger partial charge in [-0.25, -0.2) is 0 Å². The van der Waals surface area contributed by atoms with E-state index in [1.165, 1.54) is 7.11 Å². The molecule has 2 aromatic rings. The molecule has 0 radical (unpaired) electrons. The Bertz CT molecular complexity index is 1170. The van der Waals surface area contributed by atoms with Gasteiger partial charge < -0.3 is 20.1 Å². The molecule has 1 aliphatic rings. The Labute approximate surface area is 215 Å². The summed E-state index contributed by atoms with van der Waals surface area (Å²) >= 11 is 0.699. The molecule has 0 bridgehead atoms. The van der Waals surface area contributed by atoms with E-state index in [-0.39, 0.29) is 21.5 Å². The average molecular weight is 538 g/mol. The Kier molecular flexibility index (Phi) is 8.94. The van der Waals surface area contributed by atoms with Crippen LogP contribution < -0.4 is 15.4 Å². The molecule has 1 fully saturated rings. The van der Waals surface area contributed by atoms with Crippen molar-refractivity contribution in [3.05, 3.63) is 59.7 Å². The summed E-state index contributed by atoms with van der Waals surface area (Å²) in [6, 6.07) is 11.7. The third-order valence-electron chi connectivity index (χ3n) is 5.69. The summed E-state index contributed by atoms with van der Waals surface area (Å²) in [5.41, 5.74) is -0.797. The minimum Gasteiger partial charge on any atom is -0.404 e. The van der Waals surface area contributed by atoms with E-state index < -0.39 is 29.5 Å². The maximum Gasteiger partial charge on any atom is 0.573 e.